The maximum absolute atomic E-state index is 11.8. The van der Waals surface area contributed by atoms with Gasteiger partial charge in [-0.2, -0.15) is 9.97 Å². The summed E-state index contributed by atoms with van der Waals surface area (Å²) in [5, 5.41) is 3.04. The van der Waals surface area contributed by atoms with Gasteiger partial charge in [0, 0.05) is 12.7 Å². The molecule has 0 aliphatic rings. The van der Waals surface area contributed by atoms with E-state index < -0.39 is 0 Å². The average Bonchev–Trinajstić information content (AvgIpc) is 2.32. The normalized spacial score (nSPS) is 10.8. The van der Waals surface area contributed by atoms with E-state index in [1.54, 1.807) is 6.20 Å². The van der Waals surface area contributed by atoms with Crippen molar-refractivity contribution in [1.82, 2.24) is 14.4 Å². The van der Waals surface area contributed by atoms with E-state index in [1.807, 2.05) is 19.9 Å². The molecule has 0 aliphatic carbocycles. The summed E-state index contributed by atoms with van der Waals surface area (Å²) in [6, 6.07) is 1.90. The summed E-state index contributed by atoms with van der Waals surface area (Å²) in [4.78, 5) is 20.1. The lowest BCUT2D eigenvalue weighted by Crippen LogP contribution is -2.21. The second-order valence-corrected chi connectivity index (χ2v) is 4.07. The summed E-state index contributed by atoms with van der Waals surface area (Å²) < 4.78 is 1.47. The third kappa shape index (κ3) is 2.13. The van der Waals surface area contributed by atoms with Gasteiger partial charge < -0.3 is 5.32 Å². The first-order chi connectivity index (χ1) is 8.13. The zero-order chi connectivity index (χ0) is 12.4. The van der Waals surface area contributed by atoms with Crippen molar-refractivity contribution in [2.24, 2.45) is 0 Å². The lowest BCUT2D eigenvalue weighted by molar-refractivity contribution is 0.899. The van der Waals surface area contributed by atoms with Gasteiger partial charge in [0.1, 0.15) is 5.65 Å². The van der Waals surface area contributed by atoms with Crippen molar-refractivity contribution in [1.29, 1.82) is 0 Å². The molecule has 0 atom stereocenters. The monoisotopic (exact) mass is 232 g/mol. The van der Waals surface area contributed by atoms with Crippen molar-refractivity contribution >= 4 is 11.6 Å². The summed E-state index contributed by atoms with van der Waals surface area (Å²) in [5.41, 5.74) is 2.50. The van der Waals surface area contributed by atoms with Gasteiger partial charge in [-0.3, -0.25) is 4.40 Å². The molecule has 2 heterocycles. The van der Waals surface area contributed by atoms with E-state index in [4.69, 9.17) is 0 Å². The molecule has 0 aromatic carbocycles. The second kappa shape index (κ2) is 4.53. The molecule has 2 rings (SSSR count). The van der Waals surface area contributed by atoms with Crippen molar-refractivity contribution in [2.45, 2.75) is 27.2 Å². The number of fused-ring (bicyclic) bond motifs is 1. The Bertz CT molecular complexity index is 603. The quantitative estimate of drug-likeness (QED) is 0.871. The molecule has 0 amide bonds. The number of rotatable bonds is 3. The highest BCUT2D eigenvalue weighted by atomic mass is 16.1. The van der Waals surface area contributed by atoms with Gasteiger partial charge in [-0.15, -0.1) is 0 Å². The predicted octanol–water partition coefficient (Wildman–Crippen LogP) is 1.53. The molecule has 0 spiro atoms. The fourth-order valence-corrected chi connectivity index (χ4v) is 1.62. The van der Waals surface area contributed by atoms with E-state index in [1.165, 1.54) is 4.40 Å². The third-order valence-electron chi connectivity index (χ3n) is 2.78. The topological polar surface area (TPSA) is 59.3 Å². The smallest absolute Gasteiger partial charge is 0.354 e. The molecule has 0 bridgehead atoms. The molecule has 0 saturated carbocycles. The van der Waals surface area contributed by atoms with Crippen LogP contribution in [0, 0.1) is 13.8 Å². The van der Waals surface area contributed by atoms with Crippen molar-refractivity contribution in [3.8, 4) is 0 Å². The van der Waals surface area contributed by atoms with Crippen LogP contribution in [0.2, 0.25) is 0 Å². The minimum absolute atomic E-state index is 0.295. The lowest BCUT2D eigenvalue weighted by Gasteiger charge is -2.08. The minimum Gasteiger partial charge on any atom is -0.354 e. The number of hydrogen-bond acceptors (Lipinski definition) is 4. The standard InChI is InChI=1S/C12H16N4O/c1-4-6-13-11-14-10-9(3)8(2)5-7-16(10)12(17)15-11/h5,7H,4,6H2,1-3H3,(H,13,15,17). The highest BCUT2D eigenvalue weighted by Crippen LogP contribution is 2.11. The van der Waals surface area contributed by atoms with Crippen molar-refractivity contribution in [2.75, 3.05) is 11.9 Å². The largest absolute Gasteiger partial charge is 0.356 e. The fraction of sp³-hybridized carbons (Fsp3) is 0.417. The number of aryl methyl sites for hydroxylation is 2. The van der Waals surface area contributed by atoms with Gasteiger partial charge in [0.2, 0.25) is 5.95 Å². The van der Waals surface area contributed by atoms with Crippen LogP contribution in [0.1, 0.15) is 24.5 Å². The van der Waals surface area contributed by atoms with Crippen molar-refractivity contribution in [3.63, 3.8) is 0 Å². The average molecular weight is 232 g/mol. The van der Waals surface area contributed by atoms with E-state index in [-0.39, 0.29) is 5.69 Å². The summed E-state index contributed by atoms with van der Waals surface area (Å²) in [6.07, 6.45) is 2.68. The van der Waals surface area contributed by atoms with Crippen LogP contribution in [0.25, 0.3) is 5.65 Å². The highest BCUT2D eigenvalue weighted by Gasteiger charge is 2.06. The second-order valence-electron chi connectivity index (χ2n) is 4.07. The van der Waals surface area contributed by atoms with Gasteiger partial charge in [-0.25, -0.2) is 4.79 Å². The number of pyridine rings is 1. The minimum atomic E-state index is -0.295. The predicted molar refractivity (Wildman–Crippen MR) is 67.5 cm³/mol. The van der Waals surface area contributed by atoms with Crippen LogP contribution < -0.4 is 11.0 Å². The Balaban J connectivity index is 2.62. The number of nitrogens with one attached hydrogen (secondary N) is 1. The van der Waals surface area contributed by atoms with Gasteiger partial charge in [-0.05, 0) is 37.5 Å². The van der Waals surface area contributed by atoms with Gasteiger partial charge >= 0.3 is 5.69 Å². The highest BCUT2D eigenvalue weighted by molar-refractivity contribution is 5.52. The molecule has 17 heavy (non-hydrogen) atoms. The molecule has 90 valence electrons. The number of nitrogens with zero attached hydrogens (tertiary/aromatic N) is 3. The summed E-state index contributed by atoms with van der Waals surface area (Å²) in [5.74, 6) is 0.408. The fourth-order valence-electron chi connectivity index (χ4n) is 1.62. The molecular formula is C12H16N4O. The molecule has 0 fully saturated rings. The van der Waals surface area contributed by atoms with E-state index in [2.05, 4.69) is 22.2 Å². The van der Waals surface area contributed by atoms with E-state index in [0.717, 1.165) is 24.1 Å². The first kappa shape index (κ1) is 11.6. The SMILES string of the molecule is CCCNc1nc(=O)n2ccc(C)c(C)c2n1. The van der Waals surface area contributed by atoms with Gasteiger partial charge in [0.05, 0.1) is 0 Å². The Hall–Kier alpha value is -1.91. The zero-order valence-electron chi connectivity index (χ0n) is 10.3. The first-order valence-electron chi connectivity index (χ1n) is 5.74. The molecule has 5 heteroatoms. The molecule has 5 nitrogen and oxygen atoms in total. The van der Waals surface area contributed by atoms with E-state index >= 15 is 0 Å². The van der Waals surface area contributed by atoms with Gasteiger partial charge in [-0.1, -0.05) is 6.92 Å². The van der Waals surface area contributed by atoms with Crippen LogP contribution in [0.4, 0.5) is 5.95 Å². The molecular weight excluding hydrogens is 216 g/mol. The van der Waals surface area contributed by atoms with Crippen LogP contribution in [0.15, 0.2) is 17.1 Å². The molecule has 2 aromatic heterocycles. The van der Waals surface area contributed by atoms with Crippen LogP contribution in [0.3, 0.4) is 0 Å². The molecule has 0 aliphatic heterocycles. The maximum atomic E-state index is 11.8. The molecule has 1 N–H and O–H groups in total. The summed E-state index contributed by atoms with van der Waals surface area (Å²) in [7, 11) is 0. The van der Waals surface area contributed by atoms with Crippen molar-refractivity contribution in [3.05, 3.63) is 33.9 Å². The Morgan fingerprint density at radius 1 is 1.35 bits per heavy atom. The van der Waals surface area contributed by atoms with Gasteiger partial charge in [0.25, 0.3) is 0 Å². The Morgan fingerprint density at radius 3 is 2.82 bits per heavy atom. The number of hydrogen-bond donors (Lipinski definition) is 1. The summed E-state index contributed by atoms with van der Waals surface area (Å²) >= 11 is 0. The van der Waals surface area contributed by atoms with Crippen LogP contribution in [0.5, 0.6) is 0 Å². The number of anilines is 1. The Labute approximate surface area is 99.5 Å². The molecule has 0 unspecified atom stereocenters. The molecule has 0 radical (unpaired) electrons. The Morgan fingerprint density at radius 2 is 2.12 bits per heavy atom. The van der Waals surface area contributed by atoms with Crippen LogP contribution in [-0.4, -0.2) is 20.9 Å². The summed E-state index contributed by atoms with van der Waals surface area (Å²) in [6.45, 7) is 6.78. The lowest BCUT2D eigenvalue weighted by atomic mass is 10.2. The van der Waals surface area contributed by atoms with E-state index in [9.17, 15) is 4.79 Å². The molecule has 0 saturated heterocycles. The Kier molecular flexibility index (Phi) is 3.08. The maximum Gasteiger partial charge on any atom is 0.356 e. The van der Waals surface area contributed by atoms with Gasteiger partial charge in [0.15, 0.2) is 0 Å². The first-order valence-corrected chi connectivity index (χ1v) is 5.74. The number of aromatic nitrogens is 3. The van der Waals surface area contributed by atoms with Crippen LogP contribution in [-0.2, 0) is 0 Å². The molecule has 2 aromatic rings. The van der Waals surface area contributed by atoms with E-state index in [0.29, 0.717) is 11.6 Å². The van der Waals surface area contributed by atoms with Crippen molar-refractivity contribution < 1.29 is 0 Å². The zero-order valence-corrected chi connectivity index (χ0v) is 10.3. The third-order valence-corrected chi connectivity index (χ3v) is 2.78. The van der Waals surface area contributed by atoms with Crippen LogP contribution >= 0.6 is 0 Å².